The highest BCUT2D eigenvalue weighted by atomic mass is 16.3. The predicted molar refractivity (Wildman–Crippen MR) is 133 cm³/mol. The maximum Gasteiger partial charge on any atom is 0.132 e. The van der Waals surface area contributed by atoms with E-state index in [0.29, 0.717) is 11.7 Å². The minimum atomic E-state index is 0.306. The lowest BCUT2D eigenvalue weighted by atomic mass is 9.74. The summed E-state index contributed by atoms with van der Waals surface area (Å²) in [6, 6.07) is 25.0. The third-order valence-corrected chi connectivity index (χ3v) is 6.31. The van der Waals surface area contributed by atoms with Crippen LogP contribution in [0, 0.1) is 5.92 Å². The van der Waals surface area contributed by atoms with Crippen LogP contribution in [0.3, 0.4) is 0 Å². The number of fused-ring (bicyclic) bond motifs is 2. The van der Waals surface area contributed by atoms with E-state index in [1.54, 1.807) is 0 Å². The quantitative estimate of drug-likeness (QED) is 0.358. The average molecular weight is 418 g/mol. The Morgan fingerprint density at radius 3 is 2.59 bits per heavy atom. The van der Waals surface area contributed by atoms with Crippen molar-refractivity contribution in [2.45, 2.75) is 19.3 Å². The van der Waals surface area contributed by atoms with Gasteiger partial charge in [0, 0.05) is 29.8 Å². The molecule has 1 unspecified atom stereocenters. The summed E-state index contributed by atoms with van der Waals surface area (Å²) in [7, 11) is 0. The van der Waals surface area contributed by atoms with E-state index in [2.05, 4.69) is 77.8 Å². The molecule has 2 aliphatic rings. The van der Waals surface area contributed by atoms with Crippen molar-refractivity contribution in [2.24, 2.45) is 10.9 Å². The van der Waals surface area contributed by atoms with Crippen LogP contribution in [-0.4, -0.2) is 17.9 Å². The number of phenolic OH excluding ortho intramolecular Hbond substituents is 1. The number of aromatic hydroxyl groups is 1. The van der Waals surface area contributed by atoms with Gasteiger partial charge in [0.05, 0.1) is 0 Å². The van der Waals surface area contributed by atoms with Gasteiger partial charge < -0.3 is 5.11 Å². The lowest BCUT2D eigenvalue weighted by Gasteiger charge is -2.29. The molecule has 3 aromatic rings. The van der Waals surface area contributed by atoms with E-state index in [-0.39, 0.29) is 0 Å². The molecule has 0 aromatic heterocycles. The van der Waals surface area contributed by atoms with Crippen LogP contribution in [0.2, 0.25) is 0 Å². The van der Waals surface area contributed by atoms with Crippen LogP contribution >= 0.6 is 0 Å². The first-order chi connectivity index (χ1) is 15.8. The van der Waals surface area contributed by atoms with E-state index in [1.807, 2.05) is 30.5 Å². The SMILES string of the molecule is Oc1c(C=NCCCc2ccccc2)cccc1C1=C2C=CC=CC2Cc2ccccc21. The van der Waals surface area contributed by atoms with Gasteiger partial charge in [-0.25, -0.2) is 0 Å². The number of aliphatic imine (C=N–C) groups is 1. The Kier molecular flexibility index (Phi) is 5.85. The van der Waals surface area contributed by atoms with Gasteiger partial charge in [0.25, 0.3) is 0 Å². The number of allylic oxidation sites excluding steroid dienone is 5. The summed E-state index contributed by atoms with van der Waals surface area (Å²) < 4.78 is 0. The first kappa shape index (κ1) is 20.3. The predicted octanol–water partition coefficient (Wildman–Crippen LogP) is 6.54. The zero-order valence-electron chi connectivity index (χ0n) is 18.1. The zero-order valence-corrected chi connectivity index (χ0v) is 18.1. The lowest BCUT2D eigenvalue weighted by molar-refractivity contribution is 0.472. The Bertz CT molecular complexity index is 1230. The van der Waals surface area contributed by atoms with E-state index < -0.39 is 0 Å². The average Bonchev–Trinajstić information content (AvgIpc) is 2.84. The number of hydrogen-bond acceptors (Lipinski definition) is 2. The minimum absolute atomic E-state index is 0.306. The standard InChI is InChI=1S/C30H27NO/c32-30-25(21-31-19-9-12-22-10-2-1-3-11-22)15-8-18-28(30)29-26-16-6-4-13-23(26)20-24-14-5-7-17-27(24)29/h1-8,10-11,13-18,21,23,32H,9,12,19-20H2. The third-order valence-electron chi connectivity index (χ3n) is 6.31. The van der Waals surface area contributed by atoms with Crippen molar-refractivity contribution in [3.63, 3.8) is 0 Å². The molecule has 0 saturated heterocycles. The number of hydrogen-bond donors (Lipinski definition) is 1. The van der Waals surface area contributed by atoms with Gasteiger partial charge in [0.2, 0.25) is 0 Å². The molecular weight excluding hydrogens is 390 g/mol. The van der Waals surface area contributed by atoms with E-state index >= 15 is 0 Å². The number of para-hydroxylation sites is 1. The van der Waals surface area contributed by atoms with Crippen molar-refractivity contribution >= 4 is 11.8 Å². The first-order valence-corrected chi connectivity index (χ1v) is 11.3. The number of phenols is 1. The second-order valence-corrected chi connectivity index (χ2v) is 8.41. The molecule has 0 saturated carbocycles. The highest BCUT2D eigenvalue weighted by Gasteiger charge is 2.27. The minimum Gasteiger partial charge on any atom is -0.507 e. The van der Waals surface area contributed by atoms with Crippen molar-refractivity contribution in [3.05, 3.63) is 130 Å². The number of benzene rings is 3. The molecule has 0 amide bonds. The van der Waals surface area contributed by atoms with Gasteiger partial charge >= 0.3 is 0 Å². The van der Waals surface area contributed by atoms with Crippen LogP contribution in [0.1, 0.15) is 34.2 Å². The molecule has 0 aliphatic heterocycles. The highest BCUT2D eigenvalue weighted by molar-refractivity contribution is 5.94. The van der Waals surface area contributed by atoms with Gasteiger partial charge in [0.15, 0.2) is 0 Å². The Hall–Kier alpha value is -3.65. The maximum atomic E-state index is 11.2. The van der Waals surface area contributed by atoms with E-state index in [4.69, 9.17) is 0 Å². The van der Waals surface area contributed by atoms with Gasteiger partial charge in [-0.3, -0.25) is 4.99 Å². The molecule has 0 heterocycles. The maximum absolute atomic E-state index is 11.2. The fourth-order valence-electron chi connectivity index (χ4n) is 4.72. The molecule has 0 radical (unpaired) electrons. The summed E-state index contributed by atoms with van der Waals surface area (Å²) >= 11 is 0. The summed E-state index contributed by atoms with van der Waals surface area (Å²) in [4.78, 5) is 4.60. The summed E-state index contributed by atoms with van der Waals surface area (Å²) in [6.07, 6.45) is 13.5. The molecule has 1 atom stereocenters. The van der Waals surface area contributed by atoms with E-state index in [9.17, 15) is 5.11 Å². The van der Waals surface area contributed by atoms with Crippen molar-refractivity contribution in [1.29, 1.82) is 0 Å². The van der Waals surface area contributed by atoms with Crippen LogP contribution in [0.25, 0.3) is 5.57 Å². The molecule has 5 rings (SSSR count). The van der Waals surface area contributed by atoms with Crippen molar-refractivity contribution < 1.29 is 5.11 Å². The Morgan fingerprint density at radius 1 is 0.875 bits per heavy atom. The zero-order chi connectivity index (χ0) is 21.8. The van der Waals surface area contributed by atoms with Crippen molar-refractivity contribution in [1.82, 2.24) is 0 Å². The van der Waals surface area contributed by atoms with Gasteiger partial charge in [0.1, 0.15) is 5.75 Å². The molecule has 32 heavy (non-hydrogen) atoms. The van der Waals surface area contributed by atoms with E-state index in [0.717, 1.165) is 42.5 Å². The second-order valence-electron chi connectivity index (χ2n) is 8.41. The molecule has 1 N–H and O–H groups in total. The van der Waals surface area contributed by atoms with Crippen molar-refractivity contribution in [2.75, 3.05) is 6.54 Å². The van der Waals surface area contributed by atoms with Gasteiger partial charge in [-0.15, -0.1) is 0 Å². The molecule has 2 aliphatic carbocycles. The molecule has 158 valence electrons. The van der Waals surface area contributed by atoms with Crippen LogP contribution in [0.15, 0.2) is 108 Å². The van der Waals surface area contributed by atoms with Gasteiger partial charge in [-0.1, -0.05) is 91.0 Å². The third kappa shape index (κ3) is 4.09. The number of rotatable bonds is 6. The number of aryl methyl sites for hydroxylation is 1. The lowest BCUT2D eigenvalue weighted by Crippen LogP contribution is -2.16. The van der Waals surface area contributed by atoms with Crippen LogP contribution < -0.4 is 0 Å². The summed E-state index contributed by atoms with van der Waals surface area (Å²) in [5.74, 6) is 0.653. The molecule has 2 nitrogen and oxygen atoms in total. The summed E-state index contributed by atoms with van der Waals surface area (Å²) in [5.41, 5.74) is 7.94. The molecular formula is C30H27NO. The molecule has 3 aromatic carbocycles. The molecule has 0 fully saturated rings. The van der Waals surface area contributed by atoms with Crippen LogP contribution in [0.5, 0.6) is 5.75 Å². The molecule has 0 bridgehead atoms. The van der Waals surface area contributed by atoms with Crippen LogP contribution in [0.4, 0.5) is 0 Å². The summed E-state index contributed by atoms with van der Waals surface area (Å²) in [5, 5.41) is 11.2. The molecule has 0 spiro atoms. The fourth-order valence-corrected chi connectivity index (χ4v) is 4.72. The smallest absolute Gasteiger partial charge is 0.132 e. The first-order valence-electron chi connectivity index (χ1n) is 11.3. The monoisotopic (exact) mass is 417 g/mol. The van der Waals surface area contributed by atoms with Gasteiger partial charge in [-0.05, 0) is 53.2 Å². The second kappa shape index (κ2) is 9.23. The topological polar surface area (TPSA) is 32.6 Å². The number of nitrogens with zero attached hydrogens (tertiary/aromatic N) is 1. The largest absolute Gasteiger partial charge is 0.507 e. The van der Waals surface area contributed by atoms with Crippen molar-refractivity contribution in [3.8, 4) is 5.75 Å². The summed E-state index contributed by atoms with van der Waals surface area (Å²) in [6.45, 7) is 0.741. The van der Waals surface area contributed by atoms with Gasteiger partial charge in [-0.2, -0.15) is 0 Å². The highest BCUT2D eigenvalue weighted by Crippen LogP contribution is 2.44. The van der Waals surface area contributed by atoms with Crippen LogP contribution in [-0.2, 0) is 12.8 Å². The normalized spacial score (nSPS) is 16.9. The Morgan fingerprint density at radius 2 is 1.69 bits per heavy atom. The molecule has 2 heteroatoms. The fraction of sp³-hybridized carbons (Fsp3) is 0.167. The Balaban J connectivity index is 1.42. The Labute approximate surface area is 190 Å². The van der Waals surface area contributed by atoms with E-state index in [1.165, 1.54) is 22.3 Å².